The highest BCUT2D eigenvalue weighted by Gasteiger charge is 2.16. The van der Waals surface area contributed by atoms with E-state index in [0.29, 0.717) is 31.1 Å². The Hall–Kier alpha value is -1.63. The van der Waals surface area contributed by atoms with E-state index in [0.717, 1.165) is 26.1 Å². The molecule has 1 aromatic heterocycles. The van der Waals surface area contributed by atoms with E-state index in [-0.39, 0.29) is 0 Å². The molecule has 0 spiro atoms. The highest BCUT2D eigenvalue weighted by Crippen LogP contribution is 2.19. The summed E-state index contributed by atoms with van der Waals surface area (Å²) in [4.78, 5) is 15.2. The summed E-state index contributed by atoms with van der Waals surface area (Å²) in [5.41, 5.74) is 0. The molecule has 0 aromatic carbocycles. The smallest absolute Gasteiger partial charge is 0.323 e. The highest BCUT2D eigenvalue weighted by molar-refractivity contribution is 5.38. The lowest BCUT2D eigenvalue weighted by Gasteiger charge is -2.26. The van der Waals surface area contributed by atoms with Crippen molar-refractivity contribution in [2.45, 2.75) is 32.6 Å². The number of rotatable bonds is 8. The first kappa shape index (κ1) is 15.8. The van der Waals surface area contributed by atoms with E-state index in [4.69, 9.17) is 9.47 Å². The van der Waals surface area contributed by atoms with Gasteiger partial charge >= 0.3 is 6.01 Å². The fourth-order valence-electron chi connectivity index (χ4n) is 2.20. The summed E-state index contributed by atoms with van der Waals surface area (Å²) in [6.45, 7) is 5.82. The first-order valence-electron chi connectivity index (χ1n) is 7.72. The van der Waals surface area contributed by atoms with Crippen LogP contribution in [-0.4, -0.2) is 54.9 Å². The summed E-state index contributed by atoms with van der Waals surface area (Å²) in [7, 11) is 1.80. The van der Waals surface area contributed by atoms with Crippen molar-refractivity contribution in [1.29, 1.82) is 0 Å². The van der Waals surface area contributed by atoms with Crippen LogP contribution in [0.1, 0.15) is 32.6 Å². The average molecular weight is 295 g/mol. The molecule has 0 amide bonds. The summed E-state index contributed by atoms with van der Waals surface area (Å²) in [6, 6.07) is 0.357. The summed E-state index contributed by atoms with van der Waals surface area (Å²) >= 11 is 0. The van der Waals surface area contributed by atoms with E-state index in [1.54, 1.807) is 7.05 Å². The van der Waals surface area contributed by atoms with Crippen LogP contribution in [0.2, 0.25) is 0 Å². The third-order valence-electron chi connectivity index (χ3n) is 3.27. The van der Waals surface area contributed by atoms with Crippen LogP contribution >= 0.6 is 0 Å². The van der Waals surface area contributed by atoms with Gasteiger partial charge in [-0.15, -0.1) is 0 Å². The van der Waals surface area contributed by atoms with Gasteiger partial charge in [0.05, 0.1) is 6.61 Å². The normalized spacial score (nSPS) is 15.0. The topological polar surface area (TPSA) is 72.4 Å². The zero-order chi connectivity index (χ0) is 14.9. The Morgan fingerprint density at radius 3 is 2.57 bits per heavy atom. The Bertz CT molecular complexity index is 424. The van der Waals surface area contributed by atoms with Gasteiger partial charge in [-0.05, 0) is 25.7 Å². The lowest BCUT2D eigenvalue weighted by Crippen LogP contribution is -2.31. The van der Waals surface area contributed by atoms with Crippen LogP contribution in [0.3, 0.4) is 0 Å². The van der Waals surface area contributed by atoms with Crippen LogP contribution in [0.15, 0.2) is 0 Å². The molecular formula is C14H25N5O2. The summed E-state index contributed by atoms with van der Waals surface area (Å²) in [6.07, 6.45) is 4.65. The molecule has 0 radical (unpaired) electrons. The SMILES string of the molecule is CCCOCCOc1nc(NC)nc(N2CCCCC2)n1. The number of anilines is 2. The van der Waals surface area contributed by atoms with E-state index in [2.05, 4.69) is 32.1 Å². The molecule has 1 aliphatic rings. The standard InChI is InChI=1S/C14H25N5O2/c1-3-9-20-10-11-21-14-17-12(15-2)16-13(18-14)19-7-5-4-6-8-19/h3-11H2,1-2H3,(H,15,16,17,18). The molecule has 21 heavy (non-hydrogen) atoms. The zero-order valence-electron chi connectivity index (χ0n) is 13.0. The van der Waals surface area contributed by atoms with Crippen molar-refractivity contribution < 1.29 is 9.47 Å². The number of hydrogen-bond acceptors (Lipinski definition) is 7. The highest BCUT2D eigenvalue weighted by atomic mass is 16.5. The fourth-order valence-corrected chi connectivity index (χ4v) is 2.20. The van der Waals surface area contributed by atoms with E-state index in [1.165, 1.54) is 19.3 Å². The monoisotopic (exact) mass is 295 g/mol. The molecule has 0 atom stereocenters. The third-order valence-corrected chi connectivity index (χ3v) is 3.27. The maximum absolute atomic E-state index is 5.57. The summed E-state index contributed by atoms with van der Waals surface area (Å²) in [5, 5.41) is 2.96. The lowest BCUT2D eigenvalue weighted by molar-refractivity contribution is 0.0972. The molecule has 7 nitrogen and oxygen atoms in total. The predicted octanol–water partition coefficient (Wildman–Crippen LogP) is 1.71. The van der Waals surface area contributed by atoms with Gasteiger partial charge in [0.2, 0.25) is 11.9 Å². The summed E-state index contributed by atoms with van der Waals surface area (Å²) in [5.74, 6) is 1.23. The first-order valence-corrected chi connectivity index (χ1v) is 7.72. The second-order valence-electron chi connectivity index (χ2n) is 5.00. The molecule has 0 unspecified atom stereocenters. The van der Waals surface area contributed by atoms with Crippen LogP contribution in [0.4, 0.5) is 11.9 Å². The Balaban J connectivity index is 1.96. The molecular weight excluding hydrogens is 270 g/mol. The quantitative estimate of drug-likeness (QED) is 0.732. The third kappa shape index (κ3) is 5.00. The zero-order valence-corrected chi connectivity index (χ0v) is 13.0. The van der Waals surface area contributed by atoms with Crippen LogP contribution in [0, 0.1) is 0 Å². The van der Waals surface area contributed by atoms with Crippen LogP contribution in [0.5, 0.6) is 6.01 Å². The molecule has 2 rings (SSSR count). The molecule has 118 valence electrons. The van der Waals surface area contributed by atoms with Gasteiger partial charge in [0.15, 0.2) is 0 Å². The molecule has 1 aromatic rings. The van der Waals surface area contributed by atoms with Crippen LogP contribution < -0.4 is 15.0 Å². The molecule has 1 aliphatic heterocycles. The van der Waals surface area contributed by atoms with Gasteiger partial charge in [-0.25, -0.2) is 0 Å². The molecule has 2 heterocycles. The minimum atomic E-state index is 0.357. The van der Waals surface area contributed by atoms with E-state index in [1.807, 2.05) is 0 Å². The van der Waals surface area contributed by atoms with Crippen molar-refractivity contribution >= 4 is 11.9 Å². The fraction of sp³-hybridized carbons (Fsp3) is 0.786. The van der Waals surface area contributed by atoms with Gasteiger partial charge in [0.25, 0.3) is 0 Å². The number of hydrogen-bond donors (Lipinski definition) is 1. The number of ether oxygens (including phenoxy) is 2. The molecule has 0 saturated carbocycles. The van der Waals surface area contributed by atoms with E-state index < -0.39 is 0 Å². The van der Waals surface area contributed by atoms with Gasteiger partial charge in [0, 0.05) is 26.7 Å². The number of nitrogens with one attached hydrogen (secondary N) is 1. The largest absolute Gasteiger partial charge is 0.461 e. The predicted molar refractivity (Wildman–Crippen MR) is 82.0 cm³/mol. The van der Waals surface area contributed by atoms with Crippen LogP contribution in [-0.2, 0) is 4.74 Å². The average Bonchev–Trinajstić information content (AvgIpc) is 2.55. The number of nitrogens with zero attached hydrogens (tertiary/aromatic N) is 4. The first-order chi connectivity index (χ1) is 10.3. The van der Waals surface area contributed by atoms with E-state index >= 15 is 0 Å². The van der Waals surface area contributed by atoms with Gasteiger partial charge < -0.3 is 19.7 Å². The lowest BCUT2D eigenvalue weighted by atomic mass is 10.1. The minimum absolute atomic E-state index is 0.357. The maximum Gasteiger partial charge on any atom is 0.323 e. The van der Waals surface area contributed by atoms with Gasteiger partial charge in [-0.1, -0.05) is 6.92 Å². The van der Waals surface area contributed by atoms with Gasteiger partial charge in [0.1, 0.15) is 6.61 Å². The van der Waals surface area contributed by atoms with Crippen molar-refractivity contribution in [2.24, 2.45) is 0 Å². The van der Waals surface area contributed by atoms with Crippen molar-refractivity contribution in [3.05, 3.63) is 0 Å². The molecule has 1 saturated heterocycles. The van der Waals surface area contributed by atoms with Gasteiger partial charge in [-0.3, -0.25) is 0 Å². The maximum atomic E-state index is 5.57. The second-order valence-corrected chi connectivity index (χ2v) is 5.00. The van der Waals surface area contributed by atoms with Crippen molar-refractivity contribution in [1.82, 2.24) is 15.0 Å². The summed E-state index contributed by atoms with van der Waals surface area (Å²) < 4.78 is 11.0. The Kier molecular flexibility index (Phi) is 6.46. The van der Waals surface area contributed by atoms with Crippen LogP contribution in [0.25, 0.3) is 0 Å². The van der Waals surface area contributed by atoms with Crippen molar-refractivity contribution in [3.8, 4) is 6.01 Å². The molecule has 7 heteroatoms. The molecule has 1 fully saturated rings. The number of aromatic nitrogens is 3. The van der Waals surface area contributed by atoms with E-state index in [9.17, 15) is 0 Å². The minimum Gasteiger partial charge on any atom is -0.461 e. The Labute approximate surface area is 126 Å². The molecule has 1 N–H and O–H groups in total. The second kappa shape index (κ2) is 8.61. The molecule has 0 aliphatic carbocycles. The number of piperidine rings is 1. The Morgan fingerprint density at radius 2 is 1.86 bits per heavy atom. The Morgan fingerprint density at radius 1 is 1.05 bits per heavy atom. The van der Waals surface area contributed by atoms with Crippen molar-refractivity contribution in [2.75, 3.05) is 50.2 Å². The molecule has 0 bridgehead atoms. The van der Waals surface area contributed by atoms with Gasteiger partial charge in [-0.2, -0.15) is 15.0 Å². The van der Waals surface area contributed by atoms with Crippen molar-refractivity contribution in [3.63, 3.8) is 0 Å².